The van der Waals surface area contributed by atoms with Crippen molar-refractivity contribution in [2.24, 2.45) is 4.99 Å². The Kier molecular flexibility index (Phi) is 2.43. The molecule has 3 heteroatoms. The highest BCUT2D eigenvalue weighted by Gasteiger charge is 2.23. The smallest absolute Gasteiger partial charge is 0.0645 e. The van der Waals surface area contributed by atoms with E-state index in [9.17, 15) is 0 Å². The summed E-state index contributed by atoms with van der Waals surface area (Å²) in [6.45, 7) is 5.32. The predicted octanol–water partition coefficient (Wildman–Crippen LogP) is 2.35. The molecule has 0 fully saturated rings. The number of nitrogens with zero attached hydrogens (tertiary/aromatic N) is 1. The lowest BCUT2D eigenvalue weighted by atomic mass is 10.2. The Balaban J connectivity index is 2.56. The average molecular weight is 255 g/mol. The number of thioether (sulfide) groups is 1. The molecule has 1 aliphatic rings. The SMILES string of the molecule is CC1=NCC(C)(I)CS1. The second kappa shape index (κ2) is 2.78. The van der Waals surface area contributed by atoms with Crippen molar-refractivity contribution >= 4 is 39.4 Å². The standard InChI is InChI=1S/C6H10INS/c1-5-8-3-6(2,7)4-9-5/h3-4H2,1-2H3. The van der Waals surface area contributed by atoms with Gasteiger partial charge in [-0.25, -0.2) is 0 Å². The lowest BCUT2D eigenvalue weighted by Gasteiger charge is -2.23. The Morgan fingerprint density at radius 1 is 1.78 bits per heavy atom. The van der Waals surface area contributed by atoms with Crippen molar-refractivity contribution in [3.05, 3.63) is 0 Å². The highest BCUT2D eigenvalue weighted by atomic mass is 127. The maximum Gasteiger partial charge on any atom is 0.0645 e. The van der Waals surface area contributed by atoms with Gasteiger partial charge in [0.25, 0.3) is 0 Å². The minimum absolute atomic E-state index is 0.405. The highest BCUT2D eigenvalue weighted by molar-refractivity contribution is 14.1. The lowest BCUT2D eigenvalue weighted by Crippen LogP contribution is -2.27. The van der Waals surface area contributed by atoms with E-state index < -0.39 is 0 Å². The number of rotatable bonds is 0. The second-order valence-corrected chi connectivity index (χ2v) is 6.31. The van der Waals surface area contributed by atoms with E-state index in [0.717, 1.165) is 6.54 Å². The van der Waals surface area contributed by atoms with E-state index in [-0.39, 0.29) is 0 Å². The van der Waals surface area contributed by atoms with Crippen LogP contribution in [0.15, 0.2) is 4.99 Å². The summed E-state index contributed by atoms with van der Waals surface area (Å²) in [5.74, 6) is 1.21. The monoisotopic (exact) mass is 255 g/mol. The summed E-state index contributed by atoms with van der Waals surface area (Å²) in [6, 6.07) is 0. The van der Waals surface area contributed by atoms with Gasteiger partial charge in [-0.15, -0.1) is 11.8 Å². The molecule has 1 heterocycles. The zero-order valence-corrected chi connectivity index (χ0v) is 8.62. The van der Waals surface area contributed by atoms with Gasteiger partial charge in [-0.05, 0) is 13.8 Å². The summed E-state index contributed by atoms with van der Waals surface area (Å²) in [5.41, 5.74) is 0. The van der Waals surface area contributed by atoms with Gasteiger partial charge in [-0.1, -0.05) is 22.6 Å². The Morgan fingerprint density at radius 2 is 2.44 bits per heavy atom. The molecule has 0 radical (unpaired) electrons. The van der Waals surface area contributed by atoms with Crippen LogP contribution in [0.2, 0.25) is 0 Å². The number of hydrogen-bond acceptors (Lipinski definition) is 2. The van der Waals surface area contributed by atoms with Crippen molar-refractivity contribution < 1.29 is 0 Å². The summed E-state index contributed by atoms with van der Waals surface area (Å²) in [7, 11) is 0. The number of halogens is 1. The van der Waals surface area contributed by atoms with E-state index in [1.165, 1.54) is 10.8 Å². The van der Waals surface area contributed by atoms with Crippen LogP contribution >= 0.6 is 34.4 Å². The molecule has 0 spiro atoms. The third-order valence-corrected chi connectivity index (χ3v) is 3.78. The molecule has 52 valence electrons. The van der Waals surface area contributed by atoms with Crippen molar-refractivity contribution in [1.29, 1.82) is 0 Å². The van der Waals surface area contributed by atoms with Crippen LogP contribution in [0.5, 0.6) is 0 Å². The summed E-state index contributed by atoms with van der Waals surface area (Å²) in [5, 5.41) is 1.24. The van der Waals surface area contributed by atoms with Crippen LogP contribution in [-0.4, -0.2) is 20.8 Å². The molecule has 0 aliphatic carbocycles. The molecular formula is C6H10INS. The summed E-state index contributed by atoms with van der Waals surface area (Å²) >= 11 is 4.34. The molecule has 1 atom stereocenters. The molecule has 1 unspecified atom stereocenters. The first-order valence-corrected chi connectivity index (χ1v) is 4.99. The first kappa shape index (κ1) is 7.85. The first-order valence-electron chi connectivity index (χ1n) is 2.93. The Hall–Kier alpha value is 0.750. The van der Waals surface area contributed by atoms with E-state index in [1.807, 2.05) is 11.8 Å². The molecule has 0 saturated carbocycles. The van der Waals surface area contributed by atoms with Crippen molar-refractivity contribution in [3.8, 4) is 0 Å². The van der Waals surface area contributed by atoms with Crippen molar-refractivity contribution in [3.63, 3.8) is 0 Å². The van der Waals surface area contributed by atoms with Crippen molar-refractivity contribution in [1.82, 2.24) is 0 Å². The van der Waals surface area contributed by atoms with Crippen molar-refractivity contribution in [2.45, 2.75) is 17.3 Å². The zero-order valence-electron chi connectivity index (χ0n) is 5.65. The molecule has 1 nitrogen and oxygen atoms in total. The predicted molar refractivity (Wildman–Crippen MR) is 52.9 cm³/mol. The lowest BCUT2D eigenvalue weighted by molar-refractivity contribution is 0.767. The van der Waals surface area contributed by atoms with Gasteiger partial charge in [0.2, 0.25) is 0 Å². The third-order valence-electron chi connectivity index (χ3n) is 1.21. The van der Waals surface area contributed by atoms with Crippen LogP contribution in [0.25, 0.3) is 0 Å². The molecule has 0 aromatic heterocycles. The molecule has 0 aromatic carbocycles. The van der Waals surface area contributed by atoms with Gasteiger partial charge in [0.1, 0.15) is 0 Å². The molecule has 0 saturated heterocycles. The maximum absolute atomic E-state index is 4.35. The summed E-state index contributed by atoms with van der Waals surface area (Å²) < 4.78 is 0.405. The van der Waals surface area contributed by atoms with E-state index in [0.29, 0.717) is 3.42 Å². The van der Waals surface area contributed by atoms with Gasteiger partial charge in [-0.3, -0.25) is 4.99 Å². The highest BCUT2D eigenvalue weighted by Crippen LogP contribution is 2.28. The molecule has 1 aliphatic heterocycles. The molecular weight excluding hydrogens is 245 g/mol. The van der Waals surface area contributed by atoms with Crippen LogP contribution in [0.3, 0.4) is 0 Å². The van der Waals surface area contributed by atoms with E-state index in [1.54, 1.807) is 0 Å². The largest absolute Gasteiger partial charge is 0.282 e. The Morgan fingerprint density at radius 3 is 2.78 bits per heavy atom. The van der Waals surface area contributed by atoms with Gasteiger partial charge in [0, 0.05) is 9.17 Å². The topological polar surface area (TPSA) is 12.4 Å². The average Bonchev–Trinajstić information content (AvgIpc) is 1.78. The number of aliphatic imine (C=N–C) groups is 1. The van der Waals surface area contributed by atoms with Gasteiger partial charge in [0.05, 0.1) is 11.6 Å². The van der Waals surface area contributed by atoms with Gasteiger partial charge < -0.3 is 0 Å². The van der Waals surface area contributed by atoms with E-state index in [4.69, 9.17) is 0 Å². The molecule has 0 bridgehead atoms. The second-order valence-electron chi connectivity index (χ2n) is 2.54. The van der Waals surface area contributed by atoms with Crippen molar-refractivity contribution in [2.75, 3.05) is 12.3 Å². The molecule has 9 heavy (non-hydrogen) atoms. The minimum Gasteiger partial charge on any atom is -0.282 e. The van der Waals surface area contributed by atoms with E-state index >= 15 is 0 Å². The van der Waals surface area contributed by atoms with Crippen LogP contribution in [0.4, 0.5) is 0 Å². The van der Waals surface area contributed by atoms with Crippen LogP contribution < -0.4 is 0 Å². The summed E-state index contributed by atoms with van der Waals surface area (Å²) in [4.78, 5) is 4.35. The van der Waals surface area contributed by atoms with Gasteiger partial charge in [-0.2, -0.15) is 0 Å². The summed E-state index contributed by atoms with van der Waals surface area (Å²) in [6.07, 6.45) is 0. The van der Waals surface area contributed by atoms with Crippen LogP contribution in [-0.2, 0) is 0 Å². The fourth-order valence-electron chi connectivity index (χ4n) is 0.622. The fraction of sp³-hybridized carbons (Fsp3) is 0.833. The Bertz CT molecular complexity index is 142. The number of alkyl halides is 1. The first-order chi connectivity index (χ1) is 4.10. The van der Waals surface area contributed by atoms with E-state index in [2.05, 4.69) is 41.4 Å². The maximum atomic E-state index is 4.35. The quantitative estimate of drug-likeness (QED) is 0.478. The molecule has 0 amide bonds. The molecule has 0 N–H and O–H groups in total. The third kappa shape index (κ3) is 2.45. The van der Waals surface area contributed by atoms with Crippen LogP contribution in [0, 0.1) is 0 Å². The minimum atomic E-state index is 0.405. The number of hydrogen-bond donors (Lipinski definition) is 0. The van der Waals surface area contributed by atoms with Crippen LogP contribution in [0.1, 0.15) is 13.8 Å². The normalized spacial score (nSPS) is 36.1. The van der Waals surface area contributed by atoms with Gasteiger partial charge >= 0.3 is 0 Å². The molecule has 0 aromatic rings. The zero-order chi connectivity index (χ0) is 6.91. The fourth-order valence-corrected chi connectivity index (χ4v) is 2.02. The van der Waals surface area contributed by atoms with Gasteiger partial charge in [0.15, 0.2) is 0 Å². The Labute approximate surface area is 73.8 Å². The molecule has 1 rings (SSSR count).